The number of primary amides is 1. The van der Waals surface area contributed by atoms with Crippen LogP contribution in [-0.4, -0.2) is 84.5 Å². The summed E-state index contributed by atoms with van der Waals surface area (Å²) in [6.07, 6.45) is -0.392. The molecule has 43 heavy (non-hydrogen) atoms. The molecule has 0 aliphatic heterocycles. The van der Waals surface area contributed by atoms with E-state index in [0.29, 0.717) is 19.8 Å². The SMILES string of the molecule is CCOC(OCC)[C@H](C)N(Cc1cccc2ccccc12)C(=O)[C@H](Cc1ccccc1)NC(=O)CN(C)N(CC)C(N)=O. The number of nitrogens with one attached hydrogen (secondary N) is 1. The summed E-state index contributed by atoms with van der Waals surface area (Å²) < 4.78 is 11.9. The Kier molecular flexibility index (Phi) is 12.9. The van der Waals surface area contributed by atoms with Crippen molar-refractivity contribution in [2.45, 2.75) is 59.0 Å². The van der Waals surface area contributed by atoms with Gasteiger partial charge in [0.05, 0.1) is 12.6 Å². The number of fused-ring (bicyclic) bond motifs is 1. The van der Waals surface area contributed by atoms with Gasteiger partial charge in [-0.05, 0) is 49.6 Å². The molecule has 3 N–H and O–H groups in total. The number of hydrazine groups is 1. The molecule has 0 aliphatic carbocycles. The minimum absolute atomic E-state index is 0.158. The van der Waals surface area contributed by atoms with Crippen LogP contribution in [0.25, 0.3) is 10.8 Å². The number of carbonyl (C=O) groups excluding carboxylic acids is 3. The fourth-order valence-corrected chi connectivity index (χ4v) is 5.19. The fourth-order valence-electron chi connectivity index (χ4n) is 5.19. The Morgan fingerprint density at radius 3 is 2.14 bits per heavy atom. The van der Waals surface area contributed by atoms with Crippen molar-refractivity contribution < 1.29 is 23.9 Å². The predicted octanol–water partition coefficient (Wildman–Crippen LogP) is 3.93. The van der Waals surface area contributed by atoms with Crippen molar-refractivity contribution in [2.24, 2.45) is 5.73 Å². The normalized spacial score (nSPS) is 12.7. The van der Waals surface area contributed by atoms with Gasteiger partial charge >= 0.3 is 6.03 Å². The van der Waals surface area contributed by atoms with Crippen LogP contribution in [0.4, 0.5) is 4.79 Å². The van der Waals surface area contributed by atoms with E-state index in [1.54, 1.807) is 18.9 Å². The monoisotopic (exact) mass is 591 g/mol. The first-order valence-electron chi connectivity index (χ1n) is 14.8. The van der Waals surface area contributed by atoms with Crippen molar-refractivity contribution in [1.82, 2.24) is 20.2 Å². The molecular formula is C33H45N5O5. The molecular weight excluding hydrogens is 546 g/mol. The van der Waals surface area contributed by atoms with Gasteiger partial charge in [-0.1, -0.05) is 72.8 Å². The summed E-state index contributed by atoms with van der Waals surface area (Å²) in [6.45, 7) is 8.69. The zero-order valence-electron chi connectivity index (χ0n) is 25.9. The molecule has 3 aromatic carbocycles. The number of ether oxygens (including phenoxy) is 2. The highest BCUT2D eigenvalue weighted by atomic mass is 16.7. The number of benzene rings is 3. The van der Waals surface area contributed by atoms with E-state index >= 15 is 0 Å². The summed E-state index contributed by atoms with van der Waals surface area (Å²) in [5.41, 5.74) is 7.33. The number of amides is 4. The Morgan fingerprint density at radius 2 is 1.51 bits per heavy atom. The van der Waals surface area contributed by atoms with Crippen molar-refractivity contribution in [3.8, 4) is 0 Å². The second-order valence-electron chi connectivity index (χ2n) is 10.3. The van der Waals surface area contributed by atoms with Crippen LogP contribution in [0.1, 0.15) is 38.8 Å². The van der Waals surface area contributed by atoms with Crippen LogP contribution in [0.3, 0.4) is 0 Å². The molecule has 0 saturated heterocycles. The predicted molar refractivity (Wildman–Crippen MR) is 168 cm³/mol. The van der Waals surface area contributed by atoms with Gasteiger partial charge in [0.2, 0.25) is 11.8 Å². The van der Waals surface area contributed by atoms with Gasteiger partial charge in [-0.2, -0.15) is 0 Å². The minimum atomic E-state index is -0.895. The van der Waals surface area contributed by atoms with E-state index in [1.165, 1.54) is 10.0 Å². The fraction of sp³-hybridized carbons (Fsp3) is 0.424. The van der Waals surface area contributed by atoms with Gasteiger partial charge < -0.3 is 25.4 Å². The molecule has 3 aromatic rings. The number of nitrogens with zero attached hydrogens (tertiary/aromatic N) is 3. The molecule has 0 spiro atoms. The molecule has 0 bridgehead atoms. The van der Waals surface area contributed by atoms with E-state index in [9.17, 15) is 14.4 Å². The van der Waals surface area contributed by atoms with E-state index < -0.39 is 30.3 Å². The molecule has 0 aliphatic rings. The standard InChI is InChI=1S/C33H45N5O5/c1-6-38(33(34)41)36(5)23-30(39)35-29(21-25-15-10-9-11-16-25)31(40)37(24(4)32(42-7-2)43-8-3)22-27-19-14-18-26-17-12-13-20-28(26)27/h9-20,24,29,32H,6-8,21-23H2,1-5H3,(H2,34,41)(H,35,39)/t24-,29-/m0/s1. The van der Waals surface area contributed by atoms with Gasteiger partial charge in [0.1, 0.15) is 6.04 Å². The Bertz CT molecular complexity index is 1330. The van der Waals surface area contributed by atoms with E-state index in [2.05, 4.69) is 5.32 Å². The maximum absolute atomic E-state index is 14.6. The average Bonchev–Trinajstić information content (AvgIpc) is 2.99. The third kappa shape index (κ3) is 9.25. The number of urea groups is 1. The molecule has 10 nitrogen and oxygen atoms in total. The third-order valence-corrected chi connectivity index (χ3v) is 7.31. The number of hydrogen-bond acceptors (Lipinski definition) is 6. The van der Waals surface area contributed by atoms with Gasteiger partial charge in [0.15, 0.2) is 6.29 Å². The zero-order chi connectivity index (χ0) is 31.4. The molecule has 0 aromatic heterocycles. The first-order chi connectivity index (χ1) is 20.7. The van der Waals surface area contributed by atoms with Crippen molar-refractivity contribution in [2.75, 3.05) is 33.4 Å². The van der Waals surface area contributed by atoms with Crippen molar-refractivity contribution >= 4 is 28.6 Å². The van der Waals surface area contributed by atoms with Gasteiger partial charge in [0, 0.05) is 39.8 Å². The Balaban J connectivity index is 1.99. The smallest absolute Gasteiger partial charge is 0.329 e. The zero-order valence-corrected chi connectivity index (χ0v) is 25.9. The number of carbonyl (C=O) groups is 3. The van der Waals surface area contributed by atoms with Crippen LogP contribution in [-0.2, 0) is 32.0 Å². The van der Waals surface area contributed by atoms with Crippen molar-refractivity contribution in [3.63, 3.8) is 0 Å². The highest BCUT2D eigenvalue weighted by Gasteiger charge is 2.34. The molecule has 0 fully saturated rings. The van der Waals surface area contributed by atoms with E-state index in [0.717, 1.165) is 21.9 Å². The molecule has 0 saturated carbocycles. The number of nitrogens with two attached hydrogens (primary N) is 1. The Morgan fingerprint density at radius 1 is 0.884 bits per heavy atom. The van der Waals surface area contributed by atoms with Gasteiger partial charge in [-0.15, -0.1) is 0 Å². The summed E-state index contributed by atoms with van der Waals surface area (Å²) in [4.78, 5) is 41.4. The number of hydrogen-bond donors (Lipinski definition) is 2. The van der Waals surface area contributed by atoms with Gasteiger partial charge in [0.25, 0.3) is 0 Å². The quantitative estimate of drug-likeness (QED) is 0.193. The lowest BCUT2D eigenvalue weighted by molar-refractivity contribution is -0.179. The summed E-state index contributed by atoms with van der Waals surface area (Å²) in [5.74, 6) is -0.688. The topological polar surface area (TPSA) is 117 Å². The molecule has 2 atom stereocenters. The first kappa shape index (κ1) is 33.5. The van der Waals surface area contributed by atoms with E-state index in [-0.39, 0.29) is 25.4 Å². The van der Waals surface area contributed by atoms with Crippen molar-refractivity contribution in [3.05, 3.63) is 83.9 Å². The lowest BCUT2D eigenvalue weighted by Gasteiger charge is -2.37. The van der Waals surface area contributed by atoms with Crippen LogP contribution in [0.2, 0.25) is 0 Å². The summed E-state index contributed by atoms with van der Waals surface area (Å²) in [6, 6.07) is 21.6. The maximum Gasteiger partial charge on any atom is 0.329 e. The second kappa shape index (κ2) is 16.6. The molecule has 0 radical (unpaired) electrons. The largest absolute Gasteiger partial charge is 0.351 e. The summed E-state index contributed by atoms with van der Waals surface area (Å²) in [7, 11) is 1.60. The highest BCUT2D eigenvalue weighted by Crippen LogP contribution is 2.23. The minimum Gasteiger partial charge on any atom is -0.351 e. The summed E-state index contributed by atoms with van der Waals surface area (Å²) in [5, 5.41) is 7.75. The highest BCUT2D eigenvalue weighted by molar-refractivity contribution is 5.90. The lowest BCUT2D eigenvalue weighted by atomic mass is 10.0. The molecule has 10 heteroatoms. The second-order valence-corrected chi connectivity index (χ2v) is 10.3. The molecule has 232 valence electrons. The van der Waals surface area contributed by atoms with Gasteiger partial charge in [-0.3, -0.25) is 14.6 Å². The van der Waals surface area contributed by atoms with Crippen molar-refractivity contribution in [1.29, 1.82) is 0 Å². The third-order valence-electron chi connectivity index (χ3n) is 7.31. The number of likely N-dealkylation sites (N-methyl/N-ethyl adjacent to an activating group) is 1. The lowest BCUT2D eigenvalue weighted by Crippen LogP contribution is -2.57. The molecule has 3 rings (SSSR count). The van der Waals surface area contributed by atoms with Crippen LogP contribution in [0.5, 0.6) is 0 Å². The first-order valence-corrected chi connectivity index (χ1v) is 14.8. The van der Waals surface area contributed by atoms with Crippen LogP contribution in [0, 0.1) is 0 Å². The number of rotatable bonds is 16. The van der Waals surface area contributed by atoms with Crippen LogP contribution >= 0.6 is 0 Å². The molecule has 0 heterocycles. The molecule has 0 unspecified atom stereocenters. The Hall–Kier alpha value is -3.99. The Labute approximate surface area is 254 Å². The van der Waals surface area contributed by atoms with E-state index in [1.807, 2.05) is 93.6 Å². The molecule has 4 amide bonds. The van der Waals surface area contributed by atoms with Gasteiger partial charge in [-0.25, -0.2) is 9.80 Å². The summed E-state index contributed by atoms with van der Waals surface area (Å²) >= 11 is 0. The maximum atomic E-state index is 14.6. The van der Waals surface area contributed by atoms with Crippen LogP contribution in [0.15, 0.2) is 72.8 Å². The van der Waals surface area contributed by atoms with Crippen LogP contribution < -0.4 is 11.1 Å². The average molecular weight is 592 g/mol. The van der Waals surface area contributed by atoms with E-state index in [4.69, 9.17) is 15.2 Å².